The van der Waals surface area contributed by atoms with Crippen molar-refractivity contribution >= 4 is 22.4 Å². The number of carbonyl (C=O) groups is 1. The van der Waals surface area contributed by atoms with Crippen LogP contribution in [0.4, 0.5) is 14.5 Å². The molecule has 1 heterocycles. The number of halogens is 2. The molecular formula is C16H10F2N2O. The molecule has 0 spiro atoms. The lowest BCUT2D eigenvalue weighted by molar-refractivity contribution is 0.103. The highest BCUT2D eigenvalue weighted by atomic mass is 19.1. The zero-order chi connectivity index (χ0) is 15.0. The summed E-state index contributed by atoms with van der Waals surface area (Å²) in [6.45, 7) is 0. The Hall–Kier alpha value is -2.82. The smallest absolute Gasteiger partial charge is 0.214 e. The van der Waals surface area contributed by atoms with E-state index >= 15 is 0 Å². The minimum absolute atomic E-state index is 0.0247. The molecule has 21 heavy (non-hydrogen) atoms. The highest BCUT2D eigenvalue weighted by Crippen LogP contribution is 2.22. The fourth-order valence-corrected chi connectivity index (χ4v) is 2.13. The first-order valence-electron chi connectivity index (χ1n) is 6.21. The number of benzene rings is 2. The summed E-state index contributed by atoms with van der Waals surface area (Å²) >= 11 is 0. The van der Waals surface area contributed by atoms with Crippen molar-refractivity contribution in [2.24, 2.45) is 0 Å². The van der Waals surface area contributed by atoms with Crippen molar-refractivity contribution in [3.8, 4) is 0 Å². The molecule has 0 atom stereocenters. The molecule has 0 saturated heterocycles. The van der Waals surface area contributed by atoms with Gasteiger partial charge in [0.2, 0.25) is 5.78 Å². The monoisotopic (exact) mass is 284 g/mol. The van der Waals surface area contributed by atoms with Crippen LogP contribution in [0.3, 0.4) is 0 Å². The predicted molar refractivity (Wildman–Crippen MR) is 75.9 cm³/mol. The normalized spacial score (nSPS) is 10.8. The van der Waals surface area contributed by atoms with Crippen LogP contribution in [-0.4, -0.2) is 10.8 Å². The first-order valence-corrected chi connectivity index (χ1v) is 6.21. The van der Waals surface area contributed by atoms with Crippen LogP contribution in [0.15, 0.2) is 48.5 Å². The van der Waals surface area contributed by atoms with Gasteiger partial charge >= 0.3 is 0 Å². The van der Waals surface area contributed by atoms with Crippen LogP contribution < -0.4 is 5.73 Å². The van der Waals surface area contributed by atoms with E-state index in [1.54, 1.807) is 18.2 Å². The van der Waals surface area contributed by atoms with E-state index in [-0.39, 0.29) is 11.3 Å². The van der Waals surface area contributed by atoms with Gasteiger partial charge in [0.1, 0.15) is 17.3 Å². The van der Waals surface area contributed by atoms with E-state index in [9.17, 15) is 13.6 Å². The maximum Gasteiger partial charge on any atom is 0.214 e. The van der Waals surface area contributed by atoms with Gasteiger partial charge in [0.25, 0.3) is 0 Å². The summed E-state index contributed by atoms with van der Waals surface area (Å²) in [4.78, 5) is 16.5. The van der Waals surface area contributed by atoms with E-state index < -0.39 is 17.4 Å². The molecule has 3 nitrogen and oxygen atoms in total. The van der Waals surface area contributed by atoms with Crippen molar-refractivity contribution in [2.45, 2.75) is 0 Å². The molecule has 0 bridgehead atoms. The molecule has 3 aromatic rings. The Morgan fingerprint density at radius 2 is 1.81 bits per heavy atom. The molecule has 3 rings (SSSR count). The van der Waals surface area contributed by atoms with Crippen LogP contribution in [-0.2, 0) is 0 Å². The number of nitrogens with zero attached hydrogens (tertiary/aromatic N) is 1. The summed E-state index contributed by atoms with van der Waals surface area (Å²) in [6, 6.07) is 11.3. The van der Waals surface area contributed by atoms with Gasteiger partial charge in [-0.2, -0.15) is 0 Å². The van der Waals surface area contributed by atoms with Gasteiger partial charge < -0.3 is 5.73 Å². The molecule has 0 radical (unpaired) electrons. The third-order valence-corrected chi connectivity index (χ3v) is 3.16. The molecule has 2 aromatic carbocycles. The molecule has 0 aliphatic heterocycles. The Morgan fingerprint density at radius 1 is 1.05 bits per heavy atom. The van der Waals surface area contributed by atoms with E-state index in [0.29, 0.717) is 22.7 Å². The van der Waals surface area contributed by atoms with Gasteiger partial charge in [0.05, 0.1) is 11.1 Å². The summed E-state index contributed by atoms with van der Waals surface area (Å²) in [6.07, 6.45) is 0. The number of nitrogen functional groups attached to an aromatic ring is 1. The van der Waals surface area contributed by atoms with E-state index in [1.165, 1.54) is 6.07 Å². The number of rotatable bonds is 2. The second-order valence-corrected chi connectivity index (χ2v) is 4.57. The lowest BCUT2D eigenvalue weighted by atomic mass is 10.0. The quantitative estimate of drug-likeness (QED) is 0.734. The van der Waals surface area contributed by atoms with Crippen LogP contribution in [0, 0.1) is 11.6 Å². The summed E-state index contributed by atoms with van der Waals surface area (Å²) in [5.74, 6) is -2.30. The fraction of sp³-hybridized carbons (Fsp3) is 0. The van der Waals surface area contributed by atoms with Crippen LogP contribution in [0.25, 0.3) is 10.9 Å². The van der Waals surface area contributed by atoms with Crippen molar-refractivity contribution < 1.29 is 13.6 Å². The van der Waals surface area contributed by atoms with Gasteiger partial charge in [-0.3, -0.25) is 4.79 Å². The fourth-order valence-electron chi connectivity index (χ4n) is 2.13. The molecule has 104 valence electrons. The van der Waals surface area contributed by atoms with E-state index in [0.717, 1.165) is 12.1 Å². The maximum absolute atomic E-state index is 13.7. The summed E-state index contributed by atoms with van der Waals surface area (Å²) in [5, 5.41) is 0.716. The largest absolute Gasteiger partial charge is 0.398 e. The van der Waals surface area contributed by atoms with Crippen molar-refractivity contribution in [3.05, 3.63) is 71.4 Å². The maximum atomic E-state index is 13.7. The Morgan fingerprint density at radius 3 is 2.57 bits per heavy atom. The molecule has 5 heteroatoms. The molecule has 1 aromatic heterocycles. The number of fused-ring (bicyclic) bond motifs is 1. The van der Waals surface area contributed by atoms with Gasteiger partial charge in [-0.15, -0.1) is 0 Å². The zero-order valence-corrected chi connectivity index (χ0v) is 10.8. The van der Waals surface area contributed by atoms with Gasteiger partial charge in [-0.05, 0) is 24.3 Å². The molecule has 0 saturated carbocycles. The van der Waals surface area contributed by atoms with Gasteiger partial charge in [-0.1, -0.05) is 18.2 Å². The van der Waals surface area contributed by atoms with Gasteiger partial charge in [-0.25, -0.2) is 13.8 Å². The second kappa shape index (κ2) is 4.94. The number of hydrogen-bond donors (Lipinski definition) is 1. The number of anilines is 1. The summed E-state index contributed by atoms with van der Waals surface area (Å²) in [7, 11) is 0. The van der Waals surface area contributed by atoms with Crippen molar-refractivity contribution in [1.82, 2.24) is 4.98 Å². The minimum Gasteiger partial charge on any atom is -0.398 e. The number of carbonyl (C=O) groups excluding carboxylic acids is 1. The van der Waals surface area contributed by atoms with Crippen LogP contribution in [0.5, 0.6) is 0 Å². The Balaban J connectivity index is 2.13. The Kier molecular flexibility index (Phi) is 3.10. The van der Waals surface area contributed by atoms with Crippen molar-refractivity contribution in [3.63, 3.8) is 0 Å². The standard InChI is InChI=1S/C16H10F2N2O/c17-9-5-6-10(12(18)7-9)16(21)15-8-13(19)11-3-1-2-4-14(11)20-15/h1-8H,(H2,19,20). The van der Waals surface area contributed by atoms with Crippen LogP contribution in [0.2, 0.25) is 0 Å². The van der Waals surface area contributed by atoms with E-state index in [1.807, 2.05) is 6.07 Å². The highest BCUT2D eigenvalue weighted by Gasteiger charge is 2.17. The SMILES string of the molecule is Nc1cc(C(=O)c2ccc(F)cc2F)nc2ccccc12. The third kappa shape index (κ3) is 2.33. The van der Waals surface area contributed by atoms with Crippen LogP contribution in [0.1, 0.15) is 16.1 Å². The number of pyridine rings is 1. The summed E-state index contributed by atoms with van der Waals surface area (Å²) < 4.78 is 26.6. The first kappa shape index (κ1) is 13.2. The minimum atomic E-state index is -0.923. The Labute approximate surface area is 119 Å². The lowest BCUT2D eigenvalue weighted by Crippen LogP contribution is -2.08. The topological polar surface area (TPSA) is 56.0 Å². The predicted octanol–water partition coefficient (Wildman–Crippen LogP) is 3.33. The van der Waals surface area contributed by atoms with Gasteiger partial charge in [0.15, 0.2) is 0 Å². The zero-order valence-electron chi connectivity index (χ0n) is 10.8. The number of para-hydroxylation sites is 1. The number of aromatic nitrogens is 1. The van der Waals surface area contributed by atoms with Crippen LogP contribution >= 0.6 is 0 Å². The number of ketones is 1. The third-order valence-electron chi connectivity index (χ3n) is 3.16. The molecular weight excluding hydrogens is 274 g/mol. The average molecular weight is 284 g/mol. The molecule has 0 unspecified atom stereocenters. The molecule has 0 aliphatic carbocycles. The van der Waals surface area contributed by atoms with E-state index in [4.69, 9.17) is 5.73 Å². The van der Waals surface area contributed by atoms with Crippen molar-refractivity contribution in [2.75, 3.05) is 5.73 Å². The molecule has 0 fully saturated rings. The molecule has 0 amide bonds. The van der Waals surface area contributed by atoms with Crippen molar-refractivity contribution in [1.29, 1.82) is 0 Å². The lowest BCUT2D eigenvalue weighted by Gasteiger charge is -2.06. The number of nitrogens with two attached hydrogens (primary N) is 1. The molecule has 2 N–H and O–H groups in total. The second-order valence-electron chi connectivity index (χ2n) is 4.57. The average Bonchev–Trinajstić information content (AvgIpc) is 2.46. The van der Waals surface area contributed by atoms with Gasteiger partial charge in [0, 0.05) is 17.1 Å². The van der Waals surface area contributed by atoms with E-state index in [2.05, 4.69) is 4.98 Å². The molecule has 0 aliphatic rings. The highest BCUT2D eigenvalue weighted by molar-refractivity contribution is 6.10. The first-order chi connectivity index (χ1) is 10.1. The summed E-state index contributed by atoms with van der Waals surface area (Å²) in [5.41, 5.74) is 6.60. The number of hydrogen-bond acceptors (Lipinski definition) is 3. The Bertz CT molecular complexity index is 862.